The number of terminal acetylenes is 1. The van der Waals surface area contributed by atoms with Crippen molar-refractivity contribution in [2.24, 2.45) is 0 Å². The number of benzene rings is 1. The van der Waals surface area contributed by atoms with Gasteiger partial charge in [-0.25, -0.2) is 9.36 Å². The Kier molecular flexibility index (Phi) is 4.55. The van der Waals surface area contributed by atoms with Crippen LogP contribution in [0, 0.1) is 12.3 Å². The molecule has 0 aliphatic heterocycles. The lowest BCUT2D eigenvalue weighted by Crippen LogP contribution is -2.34. The quantitative estimate of drug-likeness (QED) is 0.702. The third kappa shape index (κ3) is 2.67. The zero-order valence-electron chi connectivity index (χ0n) is 12.7. The van der Waals surface area contributed by atoms with E-state index in [4.69, 9.17) is 29.6 Å². The third-order valence-electron chi connectivity index (χ3n) is 3.68. The summed E-state index contributed by atoms with van der Waals surface area (Å²) in [5.41, 5.74) is 0.644. The zero-order chi connectivity index (χ0) is 17.4. The smallest absolute Gasteiger partial charge is 0.298 e. The van der Waals surface area contributed by atoms with Gasteiger partial charge >= 0.3 is 5.69 Å². The van der Waals surface area contributed by atoms with Gasteiger partial charge in [-0.1, -0.05) is 42.1 Å². The maximum atomic E-state index is 12.8. The van der Waals surface area contributed by atoms with E-state index in [2.05, 4.69) is 10.9 Å². The van der Waals surface area contributed by atoms with Crippen molar-refractivity contribution in [1.82, 2.24) is 9.55 Å². The molecule has 3 aromatic rings. The molecule has 2 aromatic heterocycles. The molecule has 1 N–H and O–H groups in total. The van der Waals surface area contributed by atoms with Gasteiger partial charge in [-0.3, -0.25) is 9.78 Å². The van der Waals surface area contributed by atoms with Gasteiger partial charge < -0.3 is 0 Å². The van der Waals surface area contributed by atoms with Crippen LogP contribution in [0.25, 0.3) is 21.3 Å². The molecule has 3 rings (SSSR count). The SMILES string of the molecule is C#CCn1c(=O)[nH]c2sc(CC)c(-c3ccc(Cl)c(Cl)c3)c2c1=O. The predicted molar refractivity (Wildman–Crippen MR) is 100 cm³/mol. The van der Waals surface area contributed by atoms with Gasteiger partial charge in [0.05, 0.1) is 22.0 Å². The molecular formula is C17H12Cl2N2O2S. The Morgan fingerprint density at radius 3 is 2.67 bits per heavy atom. The zero-order valence-corrected chi connectivity index (χ0v) is 15.0. The summed E-state index contributed by atoms with van der Waals surface area (Å²) in [5, 5.41) is 1.30. The molecule has 0 radical (unpaired) electrons. The van der Waals surface area contributed by atoms with Crippen molar-refractivity contribution in [3.63, 3.8) is 0 Å². The van der Waals surface area contributed by atoms with Gasteiger partial charge in [-0.05, 0) is 24.1 Å². The molecule has 0 spiro atoms. The second-order valence-corrected chi connectivity index (χ2v) is 7.03. The minimum Gasteiger partial charge on any atom is -0.298 e. The number of hydrogen-bond donors (Lipinski definition) is 1. The molecule has 1 aromatic carbocycles. The minimum atomic E-state index is -0.505. The van der Waals surface area contributed by atoms with Crippen molar-refractivity contribution in [3.05, 3.63) is 54.0 Å². The van der Waals surface area contributed by atoms with Crippen molar-refractivity contribution in [3.8, 4) is 23.5 Å². The Hall–Kier alpha value is -2.00. The average molecular weight is 379 g/mol. The number of rotatable bonds is 3. The van der Waals surface area contributed by atoms with E-state index in [0.29, 0.717) is 26.7 Å². The summed E-state index contributed by atoms with van der Waals surface area (Å²) in [4.78, 5) is 29.1. The number of aryl methyl sites for hydroxylation is 1. The fourth-order valence-corrected chi connectivity index (χ4v) is 4.04. The highest BCUT2D eigenvalue weighted by molar-refractivity contribution is 7.19. The van der Waals surface area contributed by atoms with E-state index in [9.17, 15) is 9.59 Å². The van der Waals surface area contributed by atoms with Crippen molar-refractivity contribution in [2.75, 3.05) is 0 Å². The second-order valence-electron chi connectivity index (χ2n) is 5.11. The first-order valence-corrected chi connectivity index (χ1v) is 8.72. The highest BCUT2D eigenvalue weighted by atomic mass is 35.5. The average Bonchev–Trinajstić information content (AvgIpc) is 2.92. The van der Waals surface area contributed by atoms with Crippen LogP contribution in [-0.2, 0) is 13.0 Å². The number of H-pyrrole nitrogens is 1. The van der Waals surface area contributed by atoms with Crippen LogP contribution in [0.2, 0.25) is 10.0 Å². The van der Waals surface area contributed by atoms with E-state index in [-0.39, 0.29) is 6.54 Å². The molecule has 24 heavy (non-hydrogen) atoms. The largest absolute Gasteiger partial charge is 0.330 e. The number of thiophene rings is 1. The lowest BCUT2D eigenvalue weighted by Gasteiger charge is -2.06. The Morgan fingerprint density at radius 1 is 1.29 bits per heavy atom. The number of halogens is 2. The van der Waals surface area contributed by atoms with Crippen molar-refractivity contribution in [2.45, 2.75) is 19.9 Å². The van der Waals surface area contributed by atoms with Crippen LogP contribution >= 0.6 is 34.5 Å². The van der Waals surface area contributed by atoms with Crippen LogP contribution in [0.15, 0.2) is 27.8 Å². The van der Waals surface area contributed by atoms with Gasteiger partial charge in [-0.2, -0.15) is 0 Å². The molecule has 0 saturated carbocycles. The minimum absolute atomic E-state index is 0.0811. The fourth-order valence-electron chi connectivity index (χ4n) is 2.60. The summed E-state index contributed by atoms with van der Waals surface area (Å²) in [6.07, 6.45) is 5.98. The summed E-state index contributed by atoms with van der Waals surface area (Å²) < 4.78 is 1.02. The van der Waals surface area contributed by atoms with E-state index in [0.717, 1.165) is 20.6 Å². The normalized spacial score (nSPS) is 10.9. The predicted octanol–water partition coefficient (Wildman–Crippen LogP) is 3.92. The molecule has 4 nitrogen and oxygen atoms in total. The van der Waals surface area contributed by atoms with E-state index in [1.165, 1.54) is 11.3 Å². The van der Waals surface area contributed by atoms with Gasteiger partial charge in [-0.15, -0.1) is 17.8 Å². The van der Waals surface area contributed by atoms with E-state index in [1.54, 1.807) is 12.1 Å². The van der Waals surface area contributed by atoms with Gasteiger partial charge in [0.2, 0.25) is 0 Å². The molecule has 7 heteroatoms. The summed E-state index contributed by atoms with van der Waals surface area (Å²) in [6.45, 7) is 1.91. The molecule has 0 amide bonds. The monoisotopic (exact) mass is 378 g/mol. The highest BCUT2D eigenvalue weighted by Gasteiger charge is 2.19. The molecule has 0 aliphatic rings. The second kappa shape index (κ2) is 6.48. The van der Waals surface area contributed by atoms with Gasteiger partial charge in [0.1, 0.15) is 4.83 Å². The topological polar surface area (TPSA) is 54.9 Å². The van der Waals surface area contributed by atoms with Crippen molar-refractivity contribution < 1.29 is 0 Å². The lowest BCUT2D eigenvalue weighted by atomic mass is 10.0. The summed E-state index contributed by atoms with van der Waals surface area (Å²) in [7, 11) is 0. The van der Waals surface area contributed by atoms with E-state index in [1.807, 2.05) is 13.0 Å². The van der Waals surface area contributed by atoms with Gasteiger partial charge in [0, 0.05) is 10.4 Å². The summed E-state index contributed by atoms with van der Waals surface area (Å²) in [5.74, 6) is 2.33. The standard InChI is InChI=1S/C17H12Cl2N2O2S/c1-3-7-21-16(22)14-13(9-5-6-10(18)11(19)8-9)12(4-2)24-15(14)20-17(21)23/h1,5-6,8H,4,7H2,2H3,(H,20,23). The van der Waals surface area contributed by atoms with Crippen molar-refractivity contribution in [1.29, 1.82) is 0 Å². The molecule has 2 heterocycles. The Bertz CT molecular complexity index is 1100. The summed E-state index contributed by atoms with van der Waals surface area (Å²) in [6, 6.07) is 5.22. The Labute approximate surface area is 151 Å². The van der Waals surface area contributed by atoms with E-state index < -0.39 is 11.2 Å². The molecule has 0 fully saturated rings. The maximum Gasteiger partial charge on any atom is 0.330 e. The molecule has 0 unspecified atom stereocenters. The summed E-state index contributed by atoms with van der Waals surface area (Å²) >= 11 is 13.5. The number of fused-ring (bicyclic) bond motifs is 1. The van der Waals surface area contributed by atoms with Crippen LogP contribution in [0.4, 0.5) is 0 Å². The maximum absolute atomic E-state index is 12.8. The number of nitrogens with one attached hydrogen (secondary N) is 1. The van der Waals surface area contributed by atoms with Gasteiger partial charge in [0.15, 0.2) is 0 Å². The van der Waals surface area contributed by atoms with Crippen LogP contribution in [0.5, 0.6) is 0 Å². The van der Waals surface area contributed by atoms with E-state index >= 15 is 0 Å². The Balaban J connectivity index is 2.44. The molecule has 0 bridgehead atoms. The fraction of sp³-hybridized carbons (Fsp3) is 0.176. The first kappa shape index (κ1) is 16.8. The number of hydrogen-bond acceptors (Lipinski definition) is 3. The third-order valence-corrected chi connectivity index (χ3v) is 5.67. The number of aromatic amines is 1. The number of aromatic nitrogens is 2. The lowest BCUT2D eigenvalue weighted by molar-refractivity contribution is 0.743. The highest BCUT2D eigenvalue weighted by Crippen LogP contribution is 2.38. The van der Waals surface area contributed by atoms with Crippen LogP contribution < -0.4 is 11.2 Å². The van der Waals surface area contributed by atoms with Crippen LogP contribution in [0.3, 0.4) is 0 Å². The number of nitrogens with zero attached hydrogens (tertiary/aromatic N) is 1. The first-order chi connectivity index (χ1) is 11.5. The molecule has 0 aliphatic carbocycles. The van der Waals surface area contributed by atoms with Crippen LogP contribution in [0.1, 0.15) is 11.8 Å². The molecule has 122 valence electrons. The first-order valence-electron chi connectivity index (χ1n) is 7.15. The molecule has 0 atom stereocenters. The van der Waals surface area contributed by atoms with Gasteiger partial charge in [0.25, 0.3) is 5.56 Å². The Morgan fingerprint density at radius 2 is 2.04 bits per heavy atom. The van der Waals surface area contributed by atoms with Crippen molar-refractivity contribution >= 4 is 44.8 Å². The van der Waals surface area contributed by atoms with Crippen LogP contribution in [-0.4, -0.2) is 9.55 Å². The molecular weight excluding hydrogens is 367 g/mol. The molecule has 0 saturated heterocycles.